The van der Waals surface area contributed by atoms with Crippen molar-refractivity contribution in [3.63, 3.8) is 0 Å². The van der Waals surface area contributed by atoms with Crippen molar-refractivity contribution in [2.24, 2.45) is 5.92 Å². The number of hydrogen-bond donors (Lipinski definition) is 0. The molecule has 2 nitrogen and oxygen atoms in total. The first kappa shape index (κ1) is 9.59. The molecule has 0 radical (unpaired) electrons. The van der Waals surface area contributed by atoms with Gasteiger partial charge in [0.15, 0.2) is 0 Å². The largest absolute Gasteiger partial charge is 0.378 e. The van der Waals surface area contributed by atoms with E-state index in [0.717, 1.165) is 5.92 Å². The van der Waals surface area contributed by atoms with E-state index in [1.165, 1.54) is 31.8 Å². The second-order valence-electron chi connectivity index (χ2n) is 4.03. The maximum atomic E-state index is 3.93. The monoisotopic (exact) mass is 168 g/mol. The van der Waals surface area contributed by atoms with Crippen LogP contribution >= 0.6 is 0 Å². The smallest absolute Gasteiger partial charge is 0.0212 e. The lowest BCUT2D eigenvalue weighted by molar-refractivity contribution is 0.323. The Balaban J connectivity index is 2.27. The summed E-state index contributed by atoms with van der Waals surface area (Å²) in [5.74, 6) is 0.844. The van der Waals surface area contributed by atoms with Crippen LogP contribution in [0.1, 0.15) is 13.3 Å². The molecule has 0 bridgehead atoms. The van der Waals surface area contributed by atoms with Crippen LogP contribution < -0.4 is 0 Å². The fraction of sp³-hybridized carbons (Fsp3) is 0.800. The third-order valence-electron chi connectivity index (χ3n) is 2.67. The van der Waals surface area contributed by atoms with E-state index < -0.39 is 0 Å². The van der Waals surface area contributed by atoms with Crippen LogP contribution in [0.15, 0.2) is 12.3 Å². The van der Waals surface area contributed by atoms with Crippen molar-refractivity contribution in [1.82, 2.24) is 9.80 Å². The fourth-order valence-electron chi connectivity index (χ4n) is 1.72. The van der Waals surface area contributed by atoms with E-state index in [4.69, 9.17) is 0 Å². The first-order valence-corrected chi connectivity index (χ1v) is 4.65. The number of hydrogen-bond acceptors (Lipinski definition) is 2. The zero-order valence-corrected chi connectivity index (χ0v) is 8.51. The lowest BCUT2D eigenvalue weighted by atomic mass is 10.1. The Labute approximate surface area is 75.8 Å². The number of rotatable bonds is 3. The summed E-state index contributed by atoms with van der Waals surface area (Å²) in [6.45, 7) is 9.67. The zero-order valence-electron chi connectivity index (χ0n) is 8.51. The molecule has 0 amide bonds. The van der Waals surface area contributed by atoms with Gasteiger partial charge in [0.1, 0.15) is 0 Å². The van der Waals surface area contributed by atoms with Crippen molar-refractivity contribution in [1.29, 1.82) is 0 Å². The first-order valence-electron chi connectivity index (χ1n) is 4.65. The minimum absolute atomic E-state index is 0.844. The number of allylic oxidation sites excluding steroid dienone is 1. The van der Waals surface area contributed by atoms with E-state index >= 15 is 0 Å². The van der Waals surface area contributed by atoms with E-state index in [2.05, 4.69) is 37.4 Å². The summed E-state index contributed by atoms with van der Waals surface area (Å²) in [7, 11) is 4.32. The number of nitrogens with zero attached hydrogens (tertiary/aromatic N) is 2. The molecular weight excluding hydrogens is 148 g/mol. The third-order valence-corrected chi connectivity index (χ3v) is 2.67. The maximum absolute atomic E-state index is 3.93. The first-order chi connectivity index (χ1) is 5.59. The van der Waals surface area contributed by atoms with E-state index in [0.29, 0.717) is 0 Å². The van der Waals surface area contributed by atoms with E-state index in [-0.39, 0.29) is 0 Å². The predicted octanol–water partition coefficient (Wildman–Crippen LogP) is 1.40. The molecule has 1 heterocycles. The van der Waals surface area contributed by atoms with Gasteiger partial charge in [0.05, 0.1) is 0 Å². The molecule has 0 aromatic carbocycles. The zero-order chi connectivity index (χ0) is 9.14. The highest BCUT2D eigenvalue weighted by Crippen LogP contribution is 2.16. The van der Waals surface area contributed by atoms with Crippen LogP contribution in [-0.4, -0.2) is 43.5 Å². The molecule has 0 aromatic heterocycles. The average Bonchev–Trinajstić information content (AvgIpc) is 2.35. The topological polar surface area (TPSA) is 6.48 Å². The Hall–Kier alpha value is -0.500. The quantitative estimate of drug-likeness (QED) is 0.628. The van der Waals surface area contributed by atoms with Crippen molar-refractivity contribution in [3.8, 4) is 0 Å². The molecule has 2 heteroatoms. The molecule has 0 aliphatic carbocycles. The molecule has 1 aliphatic heterocycles. The summed E-state index contributed by atoms with van der Waals surface area (Å²) in [5, 5.41) is 0. The van der Waals surface area contributed by atoms with Crippen LogP contribution in [0, 0.1) is 5.92 Å². The molecule has 1 fully saturated rings. The molecule has 70 valence electrons. The summed E-state index contributed by atoms with van der Waals surface area (Å²) >= 11 is 0. The van der Waals surface area contributed by atoms with Gasteiger partial charge in [0, 0.05) is 25.8 Å². The summed E-state index contributed by atoms with van der Waals surface area (Å²) in [6, 6.07) is 0. The van der Waals surface area contributed by atoms with Gasteiger partial charge < -0.3 is 9.80 Å². The molecule has 0 spiro atoms. The Kier molecular flexibility index (Phi) is 3.15. The van der Waals surface area contributed by atoms with Crippen molar-refractivity contribution in [2.75, 3.05) is 33.7 Å². The molecule has 1 saturated heterocycles. The highest BCUT2D eigenvalue weighted by Gasteiger charge is 2.20. The fourth-order valence-corrected chi connectivity index (χ4v) is 1.72. The Bertz CT molecular complexity index is 165. The summed E-state index contributed by atoms with van der Waals surface area (Å²) < 4.78 is 0. The van der Waals surface area contributed by atoms with Gasteiger partial charge in [-0.05, 0) is 32.9 Å². The van der Waals surface area contributed by atoms with E-state index in [9.17, 15) is 0 Å². The van der Waals surface area contributed by atoms with Crippen molar-refractivity contribution < 1.29 is 0 Å². The maximum Gasteiger partial charge on any atom is 0.0212 e. The van der Waals surface area contributed by atoms with Gasteiger partial charge in [-0.2, -0.15) is 0 Å². The summed E-state index contributed by atoms with van der Waals surface area (Å²) in [4.78, 5) is 4.65. The Morgan fingerprint density at radius 1 is 1.67 bits per heavy atom. The molecule has 1 atom stereocenters. The molecule has 12 heavy (non-hydrogen) atoms. The SMILES string of the molecule is C=C(C)N(C)CC1CCN(C)C1. The second-order valence-corrected chi connectivity index (χ2v) is 4.03. The standard InChI is InChI=1S/C10H20N2/c1-9(2)12(4)8-10-5-6-11(3)7-10/h10H,1,5-8H2,2-4H3. The Morgan fingerprint density at radius 2 is 2.33 bits per heavy atom. The minimum atomic E-state index is 0.844. The molecule has 0 N–H and O–H groups in total. The second kappa shape index (κ2) is 3.94. The number of likely N-dealkylation sites (tertiary alicyclic amines) is 1. The van der Waals surface area contributed by atoms with Gasteiger partial charge in [-0.1, -0.05) is 6.58 Å². The van der Waals surface area contributed by atoms with Crippen molar-refractivity contribution >= 4 is 0 Å². The average molecular weight is 168 g/mol. The van der Waals surface area contributed by atoms with Crippen LogP contribution in [0.3, 0.4) is 0 Å². The van der Waals surface area contributed by atoms with Gasteiger partial charge >= 0.3 is 0 Å². The van der Waals surface area contributed by atoms with Crippen molar-refractivity contribution in [2.45, 2.75) is 13.3 Å². The molecular formula is C10H20N2. The van der Waals surface area contributed by atoms with Crippen LogP contribution in [0.25, 0.3) is 0 Å². The molecule has 1 rings (SSSR count). The van der Waals surface area contributed by atoms with E-state index in [1.54, 1.807) is 0 Å². The van der Waals surface area contributed by atoms with Gasteiger partial charge in [0.25, 0.3) is 0 Å². The molecule has 1 unspecified atom stereocenters. The lowest BCUT2D eigenvalue weighted by Gasteiger charge is -2.22. The third kappa shape index (κ3) is 2.52. The molecule has 0 saturated carbocycles. The minimum Gasteiger partial charge on any atom is -0.378 e. The Morgan fingerprint density at radius 3 is 2.75 bits per heavy atom. The van der Waals surface area contributed by atoms with Gasteiger partial charge in [-0.3, -0.25) is 0 Å². The molecule has 0 aromatic rings. The van der Waals surface area contributed by atoms with Gasteiger partial charge in [0.2, 0.25) is 0 Å². The molecule has 1 aliphatic rings. The van der Waals surface area contributed by atoms with Crippen LogP contribution in [0.2, 0.25) is 0 Å². The lowest BCUT2D eigenvalue weighted by Crippen LogP contribution is -2.25. The normalized spacial score (nSPS) is 24.4. The van der Waals surface area contributed by atoms with Crippen LogP contribution in [0.5, 0.6) is 0 Å². The highest BCUT2D eigenvalue weighted by molar-refractivity contribution is 4.88. The van der Waals surface area contributed by atoms with Gasteiger partial charge in [-0.25, -0.2) is 0 Å². The summed E-state index contributed by atoms with van der Waals surface area (Å²) in [6.07, 6.45) is 1.34. The van der Waals surface area contributed by atoms with Crippen LogP contribution in [0.4, 0.5) is 0 Å². The van der Waals surface area contributed by atoms with E-state index in [1.807, 2.05) is 0 Å². The van der Waals surface area contributed by atoms with Crippen molar-refractivity contribution in [3.05, 3.63) is 12.3 Å². The summed E-state index contributed by atoms with van der Waals surface area (Å²) in [5.41, 5.74) is 1.17. The predicted molar refractivity (Wildman–Crippen MR) is 53.0 cm³/mol. The van der Waals surface area contributed by atoms with Crippen LogP contribution in [-0.2, 0) is 0 Å². The highest BCUT2D eigenvalue weighted by atomic mass is 15.1. The van der Waals surface area contributed by atoms with Gasteiger partial charge in [-0.15, -0.1) is 0 Å².